The molecule has 12 heteroatoms. The Labute approximate surface area is 209 Å². The largest absolute Gasteiger partial charge is 0.373 e. The highest BCUT2D eigenvalue weighted by Crippen LogP contribution is 2.23. The third-order valence-electron chi connectivity index (χ3n) is 5.43. The van der Waals surface area contributed by atoms with Crippen LogP contribution in [0.5, 0.6) is 0 Å². The van der Waals surface area contributed by atoms with E-state index in [0.29, 0.717) is 35.9 Å². The van der Waals surface area contributed by atoms with Crippen LogP contribution >= 0.6 is 11.8 Å². The minimum absolute atomic E-state index is 0.113. The first-order valence-electron chi connectivity index (χ1n) is 12.0. The van der Waals surface area contributed by atoms with Gasteiger partial charge >= 0.3 is 0 Å². The van der Waals surface area contributed by atoms with Crippen LogP contribution in [0, 0.1) is 0 Å². The summed E-state index contributed by atoms with van der Waals surface area (Å²) in [4.78, 5) is 24.1. The molecule has 2 aromatic heterocycles. The molecular weight excluding hydrogens is 466 g/mol. The summed E-state index contributed by atoms with van der Waals surface area (Å²) < 4.78 is 7.58. The lowest BCUT2D eigenvalue weighted by atomic mass is 10.1. The number of rotatable bonds is 10. The number of anilines is 3. The number of para-hydroxylation sites is 1. The van der Waals surface area contributed by atoms with Crippen LogP contribution in [0.15, 0.2) is 29.4 Å². The fourth-order valence-electron chi connectivity index (χ4n) is 4.15. The highest BCUT2D eigenvalue weighted by atomic mass is 32.2. The molecule has 1 aromatic carbocycles. The summed E-state index contributed by atoms with van der Waals surface area (Å²) in [5.74, 6) is 1.56. The second kappa shape index (κ2) is 11.6. The molecule has 4 rings (SSSR count). The van der Waals surface area contributed by atoms with Gasteiger partial charge in [0.25, 0.3) is 5.78 Å². The number of thioether (sulfide) groups is 1. The Kier molecular flexibility index (Phi) is 8.37. The first-order chi connectivity index (χ1) is 17.0. The van der Waals surface area contributed by atoms with Crippen LogP contribution in [0.1, 0.15) is 33.3 Å². The summed E-state index contributed by atoms with van der Waals surface area (Å²) in [5, 5.41) is 18.3. The molecule has 11 nitrogen and oxygen atoms in total. The fraction of sp³-hybridized carbons (Fsp3) is 0.522. The molecule has 1 aliphatic heterocycles. The summed E-state index contributed by atoms with van der Waals surface area (Å²) in [6.07, 6.45) is 0.388. The molecular formula is C23H33N9O2S. The van der Waals surface area contributed by atoms with Gasteiger partial charge in [0.05, 0.1) is 18.0 Å². The number of nitrogens with one attached hydrogen (secondary N) is 3. The summed E-state index contributed by atoms with van der Waals surface area (Å²) in [6.45, 7) is 12.0. The Bertz CT molecular complexity index is 1150. The van der Waals surface area contributed by atoms with Crippen molar-refractivity contribution in [2.75, 3.05) is 47.9 Å². The molecule has 3 aromatic rings. The van der Waals surface area contributed by atoms with Crippen molar-refractivity contribution in [1.82, 2.24) is 29.5 Å². The molecule has 0 bridgehead atoms. The smallest absolute Gasteiger partial charge is 0.261 e. The number of fused-ring (bicyclic) bond motifs is 1. The van der Waals surface area contributed by atoms with E-state index in [1.54, 1.807) is 4.40 Å². The van der Waals surface area contributed by atoms with Crippen LogP contribution in [-0.2, 0) is 16.1 Å². The van der Waals surface area contributed by atoms with Gasteiger partial charge in [-0.3, -0.25) is 9.69 Å². The minimum atomic E-state index is -0.113. The number of amides is 1. The Morgan fingerprint density at radius 3 is 2.57 bits per heavy atom. The molecule has 1 amide bonds. The van der Waals surface area contributed by atoms with E-state index in [0.717, 1.165) is 30.9 Å². The van der Waals surface area contributed by atoms with E-state index in [-0.39, 0.29) is 23.9 Å². The van der Waals surface area contributed by atoms with Gasteiger partial charge < -0.3 is 20.7 Å². The van der Waals surface area contributed by atoms with Gasteiger partial charge in [0.2, 0.25) is 17.8 Å². The maximum atomic E-state index is 12.9. The average molecular weight is 500 g/mol. The maximum Gasteiger partial charge on any atom is 0.261 e. The van der Waals surface area contributed by atoms with Crippen molar-refractivity contribution in [2.24, 2.45) is 0 Å². The Morgan fingerprint density at radius 2 is 1.83 bits per heavy atom. The number of carbonyl (C=O) groups is 1. The Balaban J connectivity index is 1.43. The van der Waals surface area contributed by atoms with Gasteiger partial charge in [-0.1, -0.05) is 30.0 Å². The molecule has 0 aliphatic carbocycles. The Hall–Kier alpha value is -2.96. The van der Waals surface area contributed by atoms with Crippen molar-refractivity contribution in [3.63, 3.8) is 0 Å². The molecule has 0 radical (unpaired) electrons. The molecule has 1 fully saturated rings. The normalized spacial score (nSPS) is 18.5. The molecule has 3 N–H and O–H groups in total. The van der Waals surface area contributed by atoms with Crippen molar-refractivity contribution in [3.05, 3.63) is 29.8 Å². The number of ether oxygens (including phenoxy) is 1. The number of carbonyl (C=O) groups excluding carboxylic acids is 1. The zero-order valence-corrected chi connectivity index (χ0v) is 21.4. The van der Waals surface area contributed by atoms with E-state index >= 15 is 0 Å². The SMILES string of the molecule is CCNc1nc(NCC)n2c(SCC(=O)Nc3ccccc3CN3CC(C)OC(C)C3)nnc2n1. The van der Waals surface area contributed by atoms with Gasteiger partial charge in [0.1, 0.15) is 0 Å². The second-order valence-electron chi connectivity index (χ2n) is 8.49. The van der Waals surface area contributed by atoms with Crippen molar-refractivity contribution < 1.29 is 9.53 Å². The van der Waals surface area contributed by atoms with Crippen LogP contribution < -0.4 is 16.0 Å². The monoisotopic (exact) mass is 499 g/mol. The lowest BCUT2D eigenvalue weighted by Gasteiger charge is -2.35. The van der Waals surface area contributed by atoms with E-state index < -0.39 is 0 Å². The van der Waals surface area contributed by atoms with Crippen molar-refractivity contribution >= 4 is 41.0 Å². The molecule has 2 unspecified atom stereocenters. The van der Waals surface area contributed by atoms with Crippen molar-refractivity contribution in [1.29, 1.82) is 0 Å². The molecule has 188 valence electrons. The molecule has 0 saturated carbocycles. The Morgan fingerprint density at radius 1 is 1.09 bits per heavy atom. The van der Waals surface area contributed by atoms with Crippen molar-refractivity contribution in [2.45, 2.75) is 51.6 Å². The summed E-state index contributed by atoms with van der Waals surface area (Å²) in [6, 6.07) is 7.93. The lowest BCUT2D eigenvalue weighted by molar-refractivity contribution is -0.113. The van der Waals surface area contributed by atoms with Gasteiger partial charge in [-0.15, -0.1) is 10.2 Å². The molecule has 1 aliphatic rings. The lowest BCUT2D eigenvalue weighted by Crippen LogP contribution is -2.44. The molecule has 35 heavy (non-hydrogen) atoms. The van der Waals surface area contributed by atoms with E-state index in [2.05, 4.69) is 60.9 Å². The van der Waals surface area contributed by atoms with Gasteiger partial charge in [-0.2, -0.15) is 9.97 Å². The quantitative estimate of drug-likeness (QED) is 0.359. The molecule has 0 spiro atoms. The van der Waals surface area contributed by atoms with Gasteiger partial charge in [-0.25, -0.2) is 4.40 Å². The summed E-state index contributed by atoms with van der Waals surface area (Å²) in [5.41, 5.74) is 1.90. The molecule has 3 heterocycles. The number of morpholine rings is 1. The van der Waals surface area contributed by atoms with Crippen LogP contribution in [0.4, 0.5) is 17.6 Å². The summed E-state index contributed by atoms with van der Waals surface area (Å²) >= 11 is 1.30. The number of hydrogen-bond donors (Lipinski definition) is 3. The van der Waals surface area contributed by atoms with E-state index in [1.165, 1.54) is 11.8 Å². The number of benzene rings is 1. The van der Waals surface area contributed by atoms with Gasteiger partial charge in [0.15, 0.2) is 5.16 Å². The van der Waals surface area contributed by atoms with Crippen LogP contribution in [-0.4, -0.2) is 79.5 Å². The van der Waals surface area contributed by atoms with Gasteiger partial charge in [-0.05, 0) is 39.3 Å². The number of aromatic nitrogens is 5. The zero-order chi connectivity index (χ0) is 24.8. The number of nitrogens with zero attached hydrogens (tertiary/aromatic N) is 6. The maximum absolute atomic E-state index is 12.9. The molecule has 2 atom stereocenters. The first-order valence-corrected chi connectivity index (χ1v) is 12.9. The third-order valence-corrected chi connectivity index (χ3v) is 6.36. The van der Waals surface area contributed by atoms with Crippen LogP contribution in [0.2, 0.25) is 0 Å². The van der Waals surface area contributed by atoms with E-state index in [9.17, 15) is 4.79 Å². The second-order valence-corrected chi connectivity index (χ2v) is 9.44. The van der Waals surface area contributed by atoms with Gasteiger partial charge in [0, 0.05) is 38.4 Å². The standard InChI is InChI=1S/C23H33N9O2S/c1-5-24-20-27-21(25-6-2)32-22(28-20)29-30-23(32)35-14-19(33)26-18-10-8-7-9-17(18)13-31-11-15(3)34-16(4)12-31/h7-10,15-16H,5-6,11-14H2,1-4H3,(H,26,33)(H2,24,25,27,28,29). The van der Waals surface area contributed by atoms with Crippen molar-refractivity contribution in [3.8, 4) is 0 Å². The predicted octanol–water partition coefficient (Wildman–Crippen LogP) is 2.72. The average Bonchev–Trinajstić information content (AvgIpc) is 3.22. The minimum Gasteiger partial charge on any atom is -0.373 e. The van der Waals surface area contributed by atoms with Crippen LogP contribution in [0.3, 0.4) is 0 Å². The van der Waals surface area contributed by atoms with Crippen LogP contribution in [0.25, 0.3) is 5.78 Å². The fourth-order valence-corrected chi connectivity index (χ4v) is 4.88. The van der Waals surface area contributed by atoms with E-state index in [4.69, 9.17) is 4.74 Å². The number of hydrogen-bond acceptors (Lipinski definition) is 10. The topological polar surface area (TPSA) is 122 Å². The predicted molar refractivity (Wildman–Crippen MR) is 138 cm³/mol. The van der Waals surface area contributed by atoms with E-state index in [1.807, 2.05) is 32.0 Å². The zero-order valence-electron chi connectivity index (χ0n) is 20.6. The first kappa shape index (κ1) is 25.1. The highest BCUT2D eigenvalue weighted by molar-refractivity contribution is 7.99. The summed E-state index contributed by atoms with van der Waals surface area (Å²) in [7, 11) is 0. The third kappa shape index (κ3) is 6.38. The highest BCUT2D eigenvalue weighted by Gasteiger charge is 2.23. The molecule has 1 saturated heterocycles.